The Bertz CT molecular complexity index is 2910. The van der Waals surface area contributed by atoms with Crippen LogP contribution < -0.4 is 28.7 Å². The number of rotatable bonds is 14. The molecular formula is C58H48Cl4N2O6. The van der Waals surface area contributed by atoms with Gasteiger partial charge in [0.15, 0.2) is 5.60 Å². The third-order valence-corrected chi connectivity index (χ3v) is 14.9. The zero-order valence-corrected chi connectivity index (χ0v) is 41.5. The standard InChI is InChI=1S/C58H48Cl4N2O6/c1-66-43-23-27-47(28-24-43)68-45-19-11-39(12-20-45)49(37-7-15-41(16-8-37)63-31-3-4-32-63)35-58(52-51(57(65)70-58)53(59)55(61)56(62)54(52)60)36-50(38-9-17-42(18-10-38)64-33-5-6-34-64)40-13-21-46(22-14-40)69-48-29-25-44(67-2)26-30-48/h7-30,35-36H,3-6,31-34H2,1-2H3. The molecule has 3 aliphatic heterocycles. The molecule has 8 nitrogen and oxygen atoms in total. The van der Waals surface area contributed by atoms with Crippen molar-refractivity contribution in [2.75, 3.05) is 50.2 Å². The number of benzene rings is 7. The molecule has 0 atom stereocenters. The van der Waals surface area contributed by atoms with Crippen molar-refractivity contribution in [1.29, 1.82) is 0 Å². The highest BCUT2D eigenvalue weighted by molar-refractivity contribution is 6.53. The average Bonchev–Trinajstić information content (AvgIpc) is 4.20. The molecule has 2 fully saturated rings. The summed E-state index contributed by atoms with van der Waals surface area (Å²) in [6, 6.07) is 47.3. The highest BCUT2D eigenvalue weighted by atomic mass is 35.5. The maximum absolute atomic E-state index is 14.5. The van der Waals surface area contributed by atoms with Crippen LogP contribution in [0.25, 0.3) is 11.1 Å². The Morgan fingerprint density at radius 3 is 1.13 bits per heavy atom. The van der Waals surface area contributed by atoms with Crippen LogP contribution in [0.2, 0.25) is 20.1 Å². The minimum Gasteiger partial charge on any atom is -0.497 e. The van der Waals surface area contributed by atoms with Crippen molar-refractivity contribution in [3.8, 4) is 34.5 Å². The zero-order valence-electron chi connectivity index (χ0n) is 38.5. The van der Waals surface area contributed by atoms with Gasteiger partial charge in [0.2, 0.25) is 0 Å². The van der Waals surface area contributed by atoms with Gasteiger partial charge in [0, 0.05) is 43.1 Å². The smallest absolute Gasteiger partial charge is 0.341 e. The van der Waals surface area contributed by atoms with Crippen molar-refractivity contribution in [3.05, 3.63) is 211 Å². The number of anilines is 2. The predicted molar refractivity (Wildman–Crippen MR) is 283 cm³/mol. The SMILES string of the molecule is COc1ccc(Oc2ccc(C(=CC3(C=C(c4ccc(Oc5ccc(OC)cc5)cc4)c4ccc(N5CCCC5)cc4)OC(=O)c4c(Cl)c(Cl)c(Cl)c(Cl)c43)c3ccc(N4CCCC4)cc3)cc2)cc1. The van der Waals surface area contributed by atoms with Gasteiger partial charge in [0.25, 0.3) is 0 Å². The molecule has 3 aliphatic rings. The summed E-state index contributed by atoms with van der Waals surface area (Å²) >= 11 is 27.9. The van der Waals surface area contributed by atoms with E-state index in [0.29, 0.717) is 23.0 Å². The van der Waals surface area contributed by atoms with E-state index in [9.17, 15) is 4.79 Å². The number of hydrogen-bond acceptors (Lipinski definition) is 8. The Hall–Kier alpha value is -6.55. The summed E-state index contributed by atoms with van der Waals surface area (Å²) in [5.74, 6) is 3.32. The minimum atomic E-state index is -1.70. The molecule has 0 amide bonds. The Morgan fingerprint density at radius 2 is 0.771 bits per heavy atom. The number of esters is 1. The van der Waals surface area contributed by atoms with Gasteiger partial charge in [-0.05, 0) is 168 Å². The van der Waals surface area contributed by atoms with E-state index in [4.69, 9.17) is 70.1 Å². The van der Waals surface area contributed by atoms with E-state index < -0.39 is 11.6 Å². The first-order valence-electron chi connectivity index (χ1n) is 23.2. The lowest BCUT2D eigenvalue weighted by molar-refractivity contribution is 0.0300. The van der Waals surface area contributed by atoms with E-state index in [1.54, 1.807) is 14.2 Å². The number of hydrogen-bond donors (Lipinski definition) is 0. The van der Waals surface area contributed by atoms with E-state index >= 15 is 0 Å². The number of carbonyl (C=O) groups excluding carboxylic acids is 1. The summed E-state index contributed by atoms with van der Waals surface area (Å²) in [7, 11) is 3.25. The van der Waals surface area contributed by atoms with Crippen molar-refractivity contribution >= 4 is 74.9 Å². The number of carbonyl (C=O) groups is 1. The number of halogens is 4. The second-order valence-electron chi connectivity index (χ2n) is 17.4. The zero-order chi connectivity index (χ0) is 48.4. The van der Waals surface area contributed by atoms with E-state index in [1.807, 2.05) is 109 Å². The second-order valence-corrected chi connectivity index (χ2v) is 18.9. The van der Waals surface area contributed by atoms with Crippen molar-refractivity contribution in [3.63, 3.8) is 0 Å². The Labute approximate surface area is 428 Å². The van der Waals surface area contributed by atoms with Gasteiger partial charge < -0.3 is 33.5 Å². The molecule has 354 valence electrons. The van der Waals surface area contributed by atoms with Gasteiger partial charge in [-0.15, -0.1) is 0 Å². The van der Waals surface area contributed by atoms with Crippen LogP contribution in [-0.2, 0) is 10.3 Å². The van der Waals surface area contributed by atoms with Crippen LogP contribution in [0, 0.1) is 0 Å². The minimum absolute atomic E-state index is 0.00431. The average molecular weight is 1010 g/mol. The molecule has 7 aromatic carbocycles. The molecule has 7 aromatic rings. The Kier molecular flexibility index (Phi) is 13.8. The molecule has 2 saturated heterocycles. The van der Waals surface area contributed by atoms with E-state index in [-0.39, 0.29) is 31.2 Å². The summed E-state index contributed by atoms with van der Waals surface area (Å²) in [4.78, 5) is 19.3. The van der Waals surface area contributed by atoms with Crippen LogP contribution in [0.5, 0.6) is 34.5 Å². The summed E-state index contributed by atoms with van der Waals surface area (Å²) in [6.07, 6.45) is 8.47. The molecule has 0 bridgehead atoms. The molecule has 0 saturated carbocycles. The molecule has 0 aliphatic carbocycles. The number of cyclic esters (lactones) is 1. The monoisotopic (exact) mass is 1010 g/mol. The van der Waals surface area contributed by atoms with Gasteiger partial charge in [-0.3, -0.25) is 0 Å². The molecule has 0 unspecified atom stereocenters. The molecule has 0 aromatic heterocycles. The fourth-order valence-electron chi connectivity index (χ4n) is 9.41. The van der Waals surface area contributed by atoms with Crippen molar-refractivity contribution in [2.45, 2.75) is 31.3 Å². The Balaban J connectivity index is 1.17. The molecule has 10 rings (SSSR count). The summed E-state index contributed by atoms with van der Waals surface area (Å²) in [6.45, 7) is 3.99. The van der Waals surface area contributed by atoms with Crippen LogP contribution in [-0.4, -0.2) is 46.4 Å². The lowest BCUT2D eigenvalue weighted by Crippen LogP contribution is -2.23. The van der Waals surface area contributed by atoms with Crippen LogP contribution in [0.15, 0.2) is 158 Å². The molecule has 0 spiro atoms. The topological polar surface area (TPSA) is 69.7 Å². The lowest BCUT2D eigenvalue weighted by Gasteiger charge is -2.28. The lowest BCUT2D eigenvalue weighted by atomic mass is 9.83. The molecule has 0 N–H and O–H groups in total. The van der Waals surface area contributed by atoms with Gasteiger partial charge >= 0.3 is 5.97 Å². The van der Waals surface area contributed by atoms with Crippen LogP contribution in [0.4, 0.5) is 11.4 Å². The fraction of sp³-hybridized carbons (Fsp3) is 0.190. The number of nitrogens with zero attached hydrogens (tertiary/aromatic N) is 2. The fourth-order valence-corrected chi connectivity index (χ4v) is 10.5. The molecule has 3 heterocycles. The Morgan fingerprint density at radius 1 is 0.457 bits per heavy atom. The number of ether oxygens (including phenoxy) is 5. The van der Waals surface area contributed by atoms with Crippen molar-refractivity contribution < 1.29 is 28.5 Å². The van der Waals surface area contributed by atoms with Gasteiger partial charge in [-0.2, -0.15) is 0 Å². The van der Waals surface area contributed by atoms with E-state index in [0.717, 1.165) is 108 Å². The summed E-state index contributed by atoms with van der Waals surface area (Å²) in [5.41, 5.74) is 5.70. The first-order chi connectivity index (χ1) is 34.1. The van der Waals surface area contributed by atoms with Crippen LogP contribution in [0.1, 0.15) is 63.9 Å². The molecular weight excluding hydrogens is 962 g/mol. The first kappa shape index (κ1) is 47.1. The van der Waals surface area contributed by atoms with Crippen molar-refractivity contribution in [2.24, 2.45) is 0 Å². The largest absolute Gasteiger partial charge is 0.497 e. The van der Waals surface area contributed by atoms with E-state index in [2.05, 4.69) is 58.3 Å². The normalized spacial score (nSPS) is 16.9. The molecule has 70 heavy (non-hydrogen) atoms. The maximum Gasteiger partial charge on any atom is 0.341 e. The number of methoxy groups -OCH3 is 2. The van der Waals surface area contributed by atoms with Gasteiger partial charge in [-0.1, -0.05) is 94.9 Å². The molecule has 0 radical (unpaired) electrons. The summed E-state index contributed by atoms with van der Waals surface area (Å²) < 4.78 is 29.9. The second kappa shape index (κ2) is 20.4. The highest BCUT2D eigenvalue weighted by Gasteiger charge is 2.48. The first-order valence-corrected chi connectivity index (χ1v) is 24.7. The van der Waals surface area contributed by atoms with E-state index in [1.165, 1.54) is 0 Å². The number of fused-ring (bicyclic) bond motifs is 1. The molecule has 12 heteroatoms. The third kappa shape index (κ3) is 9.66. The van der Waals surface area contributed by atoms with Gasteiger partial charge in [-0.25, -0.2) is 4.79 Å². The third-order valence-electron chi connectivity index (χ3n) is 13.1. The van der Waals surface area contributed by atoms with Gasteiger partial charge in [0.1, 0.15) is 34.5 Å². The summed E-state index contributed by atoms with van der Waals surface area (Å²) in [5, 5.41) is -0.0380. The predicted octanol–water partition coefficient (Wildman–Crippen LogP) is 15.7. The van der Waals surface area contributed by atoms with Crippen LogP contribution in [0.3, 0.4) is 0 Å². The van der Waals surface area contributed by atoms with Crippen molar-refractivity contribution in [1.82, 2.24) is 0 Å². The highest BCUT2D eigenvalue weighted by Crippen LogP contribution is 2.54. The van der Waals surface area contributed by atoms with Crippen LogP contribution >= 0.6 is 46.4 Å². The van der Waals surface area contributed by atoms with Gasteiger partial charge in [0.05, 0.1) is 39.9 Å². The quantitative estimate of drug-likeness (QED) is 0.0606. The maximum atomic E-state index is 14.5.